The summed E-state index contributed by atoms with van der Waals surface area (Å²) in [4.78, 5) is 9.90. The molecule has 35 heavy (non-hydrogen) atoms. The number of aldehydes is 1. The van der Waals surface area contributed by atoms with E-state index in [9.17, 15) is 40.5 Å². The fourth-order valence-corrected chi connectivity index (χ4v) is 3.19. The topological polar surface area (TPSA) is 308 Å². The van der Waals surface area contributed by atoms with Crippen molar-refractivity contribution in [3.05, 3.63) is 0 Å². The Kier molecular flexibility index (Phi) is 13.5. The first-order valence-electron chi connectivity index (χ1n) is 10.4. The van der Waals surface area contributed by atoms with Crippen LogP contribution < -0.4 is 0 Å². The van der Waals surface area contributed by atoms with Gasteiger partial charge in [0.1, 0.15) is 73.2 Å². The minimum absolute atomic E-state index is 0.0258. The quantitative estimate of drug-likeness (QED) is 0.125. The van der Waals surface area contributed by atoms with Crippen molar-refractivity contribution in [2.24, 2.45) is 0 Å². The molecule has 2 fully saturated rings. The Bertz CT molecular complexity index is 608. The fourth-order valence-electron chi connectivity index (χ4n) is 3.19. The molecular formula is C18H34O17. The van der Waals surface area contributed by atoms with Crippen molar-refractivity contribution in [2.45, 2.75) is 85.8 Å². The van der Waals surface area contributed by atoms with E-state index in [0.717, 1.165) is 0 Å². The molecule has 14 atom stereocenters. The van der Waals surface area contributed by atoms with Gasteiger partial charge in [0.05, 0.1) is 19.8 Å². The molecule has 0 saturated carbocycles. The van der Waals surface area contributed by atoms with Crippen molar-refractivity contribution in [2.75, 3.05) is 19.8 Å². The third-order valence-electron chi connectivity index (χ3n) is 5.40. The molecule has 2 rings (SSSR count). The van der Waals surface area contributed by atoms with Gasteiger partial charge < -0.3 is 85.4 Å². The van der Waals surface area contributed by atoms with Gasteiger partial charge in [0.15, 0.2) is 18.9 Å². The smallest absolute Gasteiger partial charge is 0.187 e. The average molecular weight is 522 g/mol. The highest BCUT2D eigenvalue weighted by molar-refractivity contribution is 5.56. The van der Waals surface area contributed by atoms with Gasteiger partial charge in [0.25, 0.3) is 0 Å². The van der Waals surface area contributed by atoms with E-state index in [0.29, 0.717) is 0 Å². The van der Waals surface area contributed by atoms with Crippen molar-refractivity contribution < 1.29 is 85.4 Å². The summed E-state index contributed by atoms with van der Waals surface area (Å²) in [5.74, 6) is 0. The number of carbonyl (C=O) groups is 1. The molecular weight excluding hydrogens is 488 g/mol. The SMILES string of the molecule is O=C[C@H](O)[C@@H](O)[C@@H](O)[C@H](O)CO.OC[C@H]1O[C@@H](O[C@H]2[C@H](O)[C@@H](O)[C@H](O)O[C@@H]2CO)[C@H](O)[C@@H](O)[C@@H]1O. The highest BCUT2D eigenvalue weighted by Gasteiger charge is 2.50. The Morgan fingerprint density at radius 2 is 1.29 bits per heavy atom. The van der Waals surface area contributed by atoms with Crippen molar-refractivity contribution in [1.82, 2.24) is 0 Å². The maximum Gasteiger partial charge on any atom is 0.187 e. The summed E-state index contributed by atoms with van der Waals surface area (Å²) in [7, 11) is 0. The van der Waals surface area contributed by atoms with Crippen LogP contribution >= 0.6 is 0 Å². The molecule has 208 valence electrons. The number of aliphatic hydroxyl groups is 13. The molecule has 0 spiro atoms. The van der Waals surface area contributed by atoms with E-state index in [1.54, 1.807) is 0 Å². The van der Waals surface area contributed by atoms with E-state index in [4.69, 9.17) is 44.8 Å². The zero-order valence-corrected chi connectivity index (χ0v) is 18.2. The van der Waals surface area contributed by atoms with E-state index in [1.807, 2.05) is 0 Å². The van der Waals surface area contributed by atoms with E-state index < -0.39 is 106 Å². The summed E-state index contributed by atoms with van der Waals surface area (Å²) in [6.07, 6.45) is -22.4. The second kappa shape index (κ2) is 14.7. The largest absolute Gasteiger partial charge is 0.394 e. The van der Waals surface area contributed by atoms with Crippen LogP contribution in [0.4, 0.5) is 0 Å². The molecule has 0 aromatic heterocycles. The van der Waals surface area contributed by atoms with E-state index in [1.165, 1.54) is 0 Å². The lowest BCUT2D eigenvalue weighted by Gasteiger charge is -2.45. The molecule has 13 N–H and O–H groups in total. The van der Waals surface area contributed by atoms with E-state index in [-0.39, 0.29) is 6.29 Å². The third kappa shape index (κ3) is 8.01. The zero-order chi connectivity index (χ0) is 27.0. The first-order chi connectivity index (χ1) is 16.4. The van der Waals surface area contributed by atoms with Crippen molar-refractivity contribution in [3.63, 3.8) is 0 Å². The highest BCUT2D eigenvalue weighted by Crippen LogP contribution is 2.28. The number of rotatable bonds is 9. The first kappa shape index (κ1) is 32.1. The number of hydrogen-bond donors (Lipinski definition) is 13. The van der Waals surface area contributed by atoms with Gasteiger partial charge in [0, 0.05) is 0 Å². The minimum atomic E-state index is -1.79. The molecule has 0 radical (unpaired) electrons. The van der Waals surface area contributed by atoms with Gasteiger partial charge in [-0.15, -0.1) is 0 Å². The average Bonchev–Trinajstić information content (AvgIpc) is 2.87. The van der Waals surface area contributed by atoms with Gasteiger partial charge in [-0.1, -0.05) is 0 Å². The summed E-state index contributed by atoms with van der Waals surface area (Å²) < 4.78 is 15.3. The lowest BCUT2D eigenvalue weighted by atomic mass is 9.97. The number of hydrogen-bond acceptors (Lipinski definition) is 17. The molecule has 0 amide bonds. The predicted molar refractivity (Wildman–Crippen MR) is 106 cm³/mol. The van der Waals surface area contributed by atoms with Crippen LogP contribution in [0, 0.1) is 0 Å². The Labute approximate surface area is 198 Å². The second-order valence-electron chi connectivity index (χ2n) is 7.88. The summed E-state index contributed by atoms with van der Waals surface area (Å²) in [5, 5.41) is 120. The van der Waals surface area contributed by atoms with Crippen molar-refractivity contribution >= 4 is 6.29 Å². The van der Waals surface area contributed by atoms with Gasteiger partial charge in [-0.2, -0.15) is 0 Å². The lowest BCUT2D eigenvalue weighted by molar-refractivity contribution is -0.355. The van der Waals surface area contributed by atoms with E-state index in [2.05, 4.69) is 0 Å². The van der Waals surface area contributed by atoms with Crippen molar-refractivity contribution in [1.29, 1.82) is 0 Å². The molecule has 17 heteroatoms. The monoisotopic (exact) mass is 522 g/mol. The third-order valence-corrected chi connectivity index (χ3v) is 5.40. The van der Waals surface area contributed by atoms with Crippen LogP contribution in [0.1, 0.15) is 0 Å². The van der Waals surface area contributed by atoms with Crippen molar-refractivity contribution in [3.8, 4) is 0 Å². The molecule has 2 saturated heterocycles. The summed E-state index contributed by atoms with van der Waals surface area (Å²) in [6, 6.07) is 0. The Morgan fingerprint density at radius 3 is 1.77 bits per heavy atom. The maximum atomic E-state index is 9.94. The zero-order valence-electron chi connectivity index (χ0n) is 18.2. The van der Waals surface area contributed by atoms with Gasteiger partial charge >= 0.3 is 0 Å². The standard InChI is InChI=1S/C12H22O11.C6H12O6/c13-1-3-5(15)6(16)9(19)12(22-3)23-10-4(2-14)21-11(20)8(18)7(10)17;7-1-3(9)5(11)6(12)4(10)2-8/h3-20H,1-2H2;1,3-6,8-12H,2H2/t3-,4-,5-,6+,7-,8-,9-,10-,11-,12+;3-,4+,5+,6-/m10/s1. The molecule has 17 nitrogen and oxygen atoms in total. The Balaban J connectivity index is 0.000000434. The lowest BCUT2D eigenvalue weighted by Crippen LogP contribution is -2.64. The van der Waals surface area contributed by atoms with Gasteiger partial charge in [-0.3, -0.25) is 0 Å². The molecule has 2 heterocycles. The molecule has 0 unspecified atom stereocenters. The van der Waals surface area contributed by atoms with Crippen LogP contribution in [0.3, 0.4) is 0 Å². The molecule has 2 aliphatic heterocycles. The Hall–Kier alpha value is -0.970. The molecule has 0 aliphatic carbocycles. The van der Waals surface area contributed by atoms with Crippen LogP contribution in [0.25, 0.3) is 0 Å². The van der Waals surface area contributed by atoms with E-state index >= 15 is 0 Å². The molecule has 0 aromatic carbocycles. The first-order valence-corrected chi connectivity index (χ1v) is 10.4. The molecule has 0 aromatic rings. The summed E-state index contributed by atoms with van der Waals surface area (Å²) in [6.45, 7) is -2.11. The molecule has 0 bridgehead atoms. The van der Waals surface area contributed by atoms with Gasteiger partial charge in [-0.05, 0) is 0 Å². The van der Waals surface area contributed by atoms with Crippen LogP contribution in [0.15, 0.2) is 0 Å². The fraction of sp³-hybridized carbons (Fsp3) is 0.944. The van der Waals surface area contributed by atoms with Crippen LogP contribution in [0.5, 0.6) is 0 Å². The summed E-state index contributed by atoms with van der Waals surface area (Å²) >= 11 is 0. The maximum absolute atomic E-state index is 9.94. The predicted octanol–water partition coefficient (Wildman–Crippen LogP) is -8.78. The second-order valence-corrected chi connectivity index (χ2v) is 7.88. The summed E-state index contributed by atoms with van der Waals surface area (Å²) in [5.41, 5.74) is 0. The number of ether oxygens (including phenoxy) is 3. The number of aliphatic hydroxyl groups excluding tert-OH is 13. The Morgan fingerprint density at radius 1 is 0.714 bits per heavy atom. The molecule has 2 aliphatic rings. The highest BCUT2D eigenvalue weighted by atomic mass is 16.7. The van der Waals surface area contributed by atoms with Gasteiger partial charge in [0.2, 0.25) is 0 Å². The normalized spacial score (nSPS) is 41.2. The van der Waals surface area contributed by atoms with Crippen LogP contribution in [0.2, 0.25) is 0 Å². The minimum Gasteiger partial charge on any atom is -0.394 e. The van der Waals surface area contributed by atoms with Crippen LogP contribution in [-0.2, 0) is 19.0 Å². The van der Waals surface area contributed by atoms with Crippen LogP contribution in [-0.4, -0.2) is 178 Å². The number of carbonyl (C=O) groups excluding carboxylic acids is 1. The van der Waals surface area contributed by atoms with Gasteiger partial charge in [-0.25, -0.2) is 0 Å².